The number of carbonyl (C=O) groups is 1. The number of hydrogen-bond acceptors (Lipinski definition) is 4. The van der Waals surface area contributed by atoms with E-state index < -0.39 is 0 Å². The highest BCUT2D eigenvalue weighted by atomic mass is 35.5. The number of para-hydroxylation sites is 2. The number of rotatable bonds is 3. The second-order valence-corrected chi connectivity index (χ2v) is 6.49. The molecule has 1 aliphatic carbocycles. The summed E-state index contributed by atoms with van der Waals surface area (Å²) in [7, 11) is 1.50. The molecule has 0 unspecified atom stereocenters. The molecule has 0 radical (unpaired) electrons. The maximum atomic E-state index is 13.0. The predicted octanol–water partition coefficient (Wildman–Crippen LogP) is 3.37. The summed E-state index contributed by atoms with van der Waals surface area (Å²) in [6, 6.07) is 10.3. The highest BCUT2D eigenvalue weighted by Gasteiger charge is 2.35. The molecule has 24 heavy (non-hydrogen) atoms. The third-order valence-electron chi connectivity index (χ3n) is 4.53. The van der Waals surface area contributed by atoms with Gasteiger partial charge in [-0.1, -0.05) is 23.7 Å². The van der Waals surface area contributed by atoms with Crippen molar-refractivity contribution in [3.05, 3.63) is 47.1 Å². The van der Waals surface area contributed by atoms with Gasteiger partial charge in [0.15, 0.2) is 0 Å². The first-order valence-corrected chi connectivity index (χ1v) is 8.44. The summed E-state index contributed by atoms with van der Waals surface area (Å²) >= 11 is 6.12. The smallest absolute Gasteiger partial charge is 0.260 e. The van der Waals surface area contributed by atoms with Crippen LogP contribution in [0, 0.1) is 0 Å². The predicted molar refractivity (Wildman–Crippen MR) is 94.3 cm³/mol. The molecule has 2 heterocycles. The molecule has 1 amide bonds. The summed E-state index contributed by atoms with van der Waals surface area (Å²) in [4.78, 5) is 21.3. The second kappa shape index (κ2) is 5.98. The van der Waals surface area contributed by atoms with Crippen molar-refractivity contribution in [1.29, 1.82) is 0 Å². The van der Waals surface area contributed by atoms with Gasteiger partial charge in [0.05, 0.1) is 24.0 Å². The highest BCUT2D eigenvalue weighted by molar-refractivity contribution is 6.32. The molecule has 2 aromatic rings. The number of benzene rings is 1. The van der Waals surface area contributed by atoms with E-state index in [4.69, 9.17) is 16.3 Å². The Labute approximate surface area is 145 Å². The largest absolute Gasteiger partial charge is 0.480 e. The van der Waals surface area contributed by atoms with Gasteiger partial charge in [-0.3, -0.25) is 4.79 Å². The summed E-state index contributed by atoms with van der Waals surface area (Å²) in [6.07, 6.45) is 3.99. The van der Waals surface area contributed by atoms with Crippen molar-refractivity contribution in [3.63, 3.8) is 0 Å². The Morgan fingerprint density at radius 2 is 2.00 bits per heavy atom. The molecule has 5 nitrogen and oxygen atoms in total. The lowest BCUT2D eigenvalue weighted by Crippen LogP contribution is -2.45. The molecular weight excluding hydrogens is 326 g/mol. The van der Waals surface area contributed by atoms with Crippen molar-refractivity contribution in [2.45, 2.75) is 18.9 Å². The van der Waals surface area contributed by atoms with Crippen molar-refractivity contribution in [3.8, 4) is 5.88 Å². The SMILES string of the molecule is COc1ncc(C(=O)N2CCN(C3CC3)c3ccccc32)cc1Cl. The van der Waals surface area contributed by atoms with E-state index >= 15 is 0 Å². The molecule has 2 aliphatic rings. The van der Waals surface area contributed by atoms with Crippen molar-refractivity contribution >= 4 is 28.9 Å². The second-order valence-electron chi connectivity index (χ2n) is 6.09. The summed E-state index contributed by atoms with van der Waals surface area (Å²) in [6.45, 7) is 1.51. The van der Waals surface area contributed by atoms with Gasteiger partial charge in [-0.05, 0) is 31.0 Å². The van der Waals surface area contributed by atoms with Gasteiger partial charge in [0.2, 0.25) is 5.88 Å². The van der Waals surface area contributed by atoms with Crippen LogP contribution < -0.4 is 14.5 Å². The van der Waals surface area contributed by atoms with Crippen LogP contribution in [-0.4, -0.2) is 37.1 Å². The standard InChI is InChI=1S/C18H18ClN3O2/c1-24-17-14(19)10-12(11-20-17)18(23)22-9-8-21(13-6-7-13)15-4-2-3-5-16(15)22/h2-5,10-11,13H,6-9H2,1H3. The van der Waals surface area contributed by atoms with Crippen LogP contribution in [0.15, 0.2) is 36.5 Å². The molecule has 1 aromatic carbocycles. The van der Waals surface area contributed by atoms with Crippen molar-refractivity contribution in [2.24, 2.45) is 0 Å². The van der Waals surface area contributed by atoms with E-state index in [1.165, 1.54) is 26.1 Å². The molecule has 1 fully saturated rings. The van der Waals surface area contributed by atoms with Crippen molar-refractivity contribution < 1.29 is 9.53 Å². The first kappa shape index (κ1) is 15.3. The van der Waals surface area contributed by atoms with Crippen LogP contribution >= 0.6 is 11.6 Å². The fourth-order valence-corrected chi connectivity index (χ4v) is 3.45. The molecule has 0 atom stereocenters. The van der Waals surface area contributed by atoms with Crippen molar-refractivity contribution in [2.75, 3.05) is 30.0 Å². The van der Waals surface area contributed by atoms with Crippen LogP contribution in [0.2, 0.25) is 5.02 Å². The van der Waals surface area contributed by atoms with E-state index in [9.17, 15) is 4.79 Å². The number of carbonyl (C=O) groups excluding carboxylic acids is 1. The van der Waals surface area contributed by atoms with E-state index in [0.29, 0.717) is 29.1 Å². The van der Waals surface area contributed by atoms with Gasteiger partial charge >= 0.3 is 0 Å². The van der Waals surface area contributed by atoms with Gasteiger partial charge in [-0.15, -0.1) is 0 Å². The number of fused-ring (bicyclic) bond motifs is 1. The van der Waals surface area contributed by atoms with Gasteiger partial charge in [0.1, 0.15) is 5.02 Å². The van der Waals surface area contributed by atoms with Gasteiger partial charge in [-0.2, -0.15) is 0 Å². The number of pyridine rings is 1. The Kier molecular flexibility index (Phi) is 3.81. The molecule has 1 saturated carbocycles. The minimum atomic E-state index is -0.0880. The Balaban J connectivity index is 1.67. The lowest BCUT2D eigenvalue weighted by Gasteiger charge is -2.38. The lowest BCUT2D eigenvalue weighted by atomic mass is 10.1. The van der Waals surface area contributed by atoms with Gasteiger partial charge in [0.25, 0.3) is 5.91 Å². The zero-order chi connectivity index (χ0) is 16.7. The van der Waals surface area contributed by atoms with Crippen LogP contribution in [0.25, 0.3) is 0 Å². The minimum Gasteiger partial charge on any atom is -0.480 e. The maximum absolute atomic E-state index is 13.0. The Hall–Kier alpha value is -2.27. The van der Waals surface area contributed by atoms with Crippen molar-refractivity contribution in [1.82, 2.24) is 4.98 Å². The van der Waals surface area contributed by atoms with Gasteiger partial charge < -0.3 is 14.5 Å². The zero-order valence-corrected chi connectivity index (χ0v) is 14.2. The molecule has 0 N–H and O–H groups in total. The quantitative estimate of drug-likeness (QED) is 0.857. The van der Waals surface area contributed by atoms with Gasteiger partial charge in [0, 0.05) is 25.3 Å². The van der Waals surface area contributed by atoms with E-state index in [1.54, 1.807) is 6.07 Å². The van der Waals surface area contributed by atoms with E-state index in [-0.39, 0.29) is 5.91 Å². The van der Waals surface area contributed by atoms with Crippen LogP contribution in [-0.2, 0) is 0 Å². The lowest BCUT2D eigenvalue weighted by molar-refractivity contribution is 0.0986. The molecule has 0 saturated heterocycles. The summed E-state index contributed by atoms with van der Waals surface area (Å²) in [5.41, 5.74) is 2.55. The highest BCUT2D eigenvalue weighted by Crippen LogP contribution is 2.40. The third kappa shape index (κ3) is 2.59. The zero-order valence-electron chi connectivity index (χ0n) is 13.4. The molecule has 124 valence electrons. The Morgan fingerprint density at radius 1 is 1.25 bits per heavy atom. The Morgan fingerprint density at radius 3 is 2.67 bits per heavy atom. The fraction of sp³-hybridized carbons (Fsp3) is 0.333. The molecular formula is C18H18ClN3O2. The number of anilines is 2. The number of methoxy groups -OCH3 is 1. The summed E-state index contributed by atoms with van der Waals surface area (Å²) in [5, 5.41) is 0.341. The van der Waals surface area contributed by atoms with Crippen LogP contribution in [0.5, 0.6) is 5.88 Å². The number of halogens is 1. The fourth-order valence-electron chi connectivity index (χ4n) is 3.21. The molecule has 1 aliphatic heterocycles. The number of ether oxygens (including phenoxy) is 1. The molecule has 1 aromatic heterocycles. The number of hydrogen-bond donors (Lipinski definition) is 0. The number of nitrogens with zero attached hydrogens (tertiary/aromatic N) is 3. The topological polar surface area (TPSA) is 45.7 Å². The number of amides is 1. The Bertz CT molecular complexity index is 792. The third-order valence-corrected chi connectivity index (χ3v) is 4.80. The van der Waals surface area contributed by atoms with E-state index in [0.717, 1.165) is 17.9 Å². The first-order valence-electron chi connectivity index (χ1n) is 8.06. The molecule has 0 spiro atoms. The van der Waals surface area contributed by atoms with E-state index in [1.807, 2.05) is 23.1 Å². The molecule has 4 rings (SSSR count). The maximum Gasteiger partial charge on any atom is 0.260 e. The minimum absolute atomic E-state index is 0.0880. The normalized spacial score (nSPS) is 16.8. The van der Waals surface area contributed by atoms with Crippen LogP contribution in [0.1, 0.15) is 23.2 Å². The molecule has 0 bridgehead atoms. The average molecular weight is 344 g/mol. The monoisotopic (exact) mass is 343 g/mol. The molecule has 6 heteroatoms. The first-order chi connectivity index (χ1) is 11.7. The number of aromatic nitrogens is 1. The summed E-state index contributed by atoms with van der Waals surface area (Å²) < 4.78 is 5.05. The van der Waals surface area contributed by atoms with Gasteiger partial charge in [-0.25, -0.2) is 4.98 Å². The summed E-state index contributed by atoms with van der Waals surface area (Å²) in [5.74, 6) is 0.238. The average Bonchev–Trinajstić information content (AvgIpc) is 3.45. The van der Waals surface area contributed by atoms with Crippen LogP contribution in [0.3, 0.4) is 0 Å². The van der Waals surface area contributed by atoms with E-state index in [2.05, 4.69) is 16.0 Å². The van der Waals surface area contributed by atoms with Crippen LogP contribution in [0.4, 0.5) is 11.4 Å².